The molecule has 1 fully saturated rings. The molecular formula is C10H12N4O3. The van der Waals surface area contributed by atoms with Crippen LogP contribution in [0.4, 0.5) is 11.4 Å². The van der Waals surface area contributed by atoms with Gasteiger partial charge in [-0.15, -0.1) is 0 Å². The monoisotopic (exact) mass is 236 g/mol. The highest BCUT2D eigenvalue weighted by Crippen LogP contribution is 2.31. The smallest absolute Gasteiger partial charge is 0.293 e. The third kappa shape index (κ3) is 2.04. The van der Waals surface area contributed by atoms with E-state index in [0.717, 1.165) is 0 Å². The summed E-state index contributed by atoms with van der Waals surface area (Å²) < 4.78 is 0. The van der Waals surface area contributed by atoms with Crippen LogP contribution in [-0.2, 0) is 0 Å². The van der Waals surface area contributed by atoms with Crippen molar-refractivity contribution in [1.29, 1.82) is 0 Å². The second-order valence-electron chi connectivity index (χ2n) is 3.99. The summed E-state index contributed by atoms with van der Waals surface area (Å²) in [5.41, 5.74) is 11.2. The molecule has 0 bridgehead atoms. The lowest BCUT2D eigenvalue weighted by Gasteiger charge is -2.38. The van der Waals surface area contributed by atoms with E-state index in [1.165, 1.54) is 18.2 Å². The number of benzene rings is 1. The number of rotatable bonds is 3. The summed E-state index contributed by atoms with van der Waals surface area (Å²) in [6, 6.07) is 4.26. The highest BCUT2D eigenvalue weighted by atomic mass is 16.6. The molecule has 17 heavy (non-hydrogen) atoms. The molecule has 0 aromatic heterocycles. The number of primary amides is 1. The second-order valence-corrected chi connectivity index (χ2v) is 3.99. The molecule has 4 N–H and O–H groups in total. The molecule has 1 heterocycles. The Labute approximate surface area is 97.1 Å². The molecule has 0 atom stereocenters. The van der Waals surface area contributed by atoms with Gasteiger partial charge in [-0.25, -0.2) is 0 Å². The predicted octanol–water partition coefficient (Wildman–Crippen LogP) is -0.159. The Morgan fingerprint density at radius 3 is 2.59 bits per heavy atom. The summed E-state index contributed by atoms with van der Waals surface area (Å²) in [5, 5.41) is 10.9. The largest absolute Gasteiger partial charge is 0.366 e. The van der Waals surface area contributed by atoms with Crippen molar-refractivity contribution in [1.82, 2.24) is 0 Å². The fraction of sp³-hybridized carbons (Fsp3) is 0.300. The Kier molecular flexibility index (Phi) is 2.68. The summed E-state index contributed by atoms with van der Waals surface area (Å²) in [6.45, 7) is 1.16. The molecule has 90 valence electrons. The van der Waals surface area contributed by atoms with E-state index in [1.54, 1.807) is 4.90 Å². The molecular weight excluding hydrogens is 224 g/mol. The van der Waals surface area contributed by atoms with Gasteiger partial charge in [0.1, 0.15) is 5.69 Å². The van der Waals surface area contributed by atoms with Crippen LogP contribution in [0, 0.1) is 10.1 Å². The van der Waals surface area contributed by atoms with Gasteiger partial charge in [0.15, 0.2) is 0 Å². The van der Waals surface area contributed by atoms with Crippen LogP contribution in [0.25, 0.3) is 0 Å². The predicted molar refractivity (Wildman–Crippen MR) is 61.8 cm³/mol. The van der Waals surface area contributed by atoms with E-state index in [4.69, 9.17) is 11.5 Å². The number of hydrogen-bond acceptors (Lipinski definition) is 5. The molecule has 1 amide bonds. The number of amides is 1. The maximum Gasteiger partial charge on any atom is 0.293 e. The van der Waals surface area contributed by atoms with Gasteiger partial charge >= 0.3 is 0 Å². The maximum absolute atomic E-state index is 11.0. The zero-order valence-electron chi connectivity index (χ0n) is 9.00. The normalized spacial score (nSPS) is 15.5. The van der Waals surface area contributed by atoms with Crippen molar-refractivity contribution in [3.8, 4) is 0 Å². The molecule has 7 nitrogen and oxygen atoms in total. The molecule has 0 aliphatic carbocycles. The Bertz CT molecular complexity index is 482. The van der Waals surface area contributed by atoms with Gasteiger partial charge in [-0.1, -0.05) is 0 Å². The van der Waals surface area contributed by atoms with Gasteiger partial charge in [0.2, 0.25) is 5.91 Å². The van der Waals surface area contributed by atoms with Crippen molar-refractivity contribution < 1.29 is 9.72 Å². The summed E-state index contributed by atoms with van der Waals surface area (Å²) in [4.78, 5) is 23.2. The highest BCUT2D eigenvalue weighted by molar-refractivity contribution is 5.94. The first kappa shape index (κ1) is 11.3. The average molecular weight is 236 g/mol. The Hall–Kier alpha value is -2.15. The van der Waals surface area contributed by atoms with Crippen LogP contribution in [-0.4, -0.2) is 30.0 Å². The van der Waals surface area contributed by atoms with Crippen LogP contribution >= 0.6 is 0 Å². The fourth-order valence-electron chi connectivity index (χ4n) is 1.80. The van der Waals surface area contributed by atoms with Crippen LogP contribution < -0.4 is 16.4 Å². The zero-order chi connectivity index (χ0) is 12.6. The molecule has 1 aromatic rings. The van der Waals surface area contributed by atoms with E-state index in [9.17, 15) is 14.9 Å². The van der Waals surface area contributed by atoms with E-state index < -0.39 is 10.8 Å². The van der Waals surface area contributed by atoms with Crippen LogP contribution in [0.15, 0.2) is 18.2 Å². The number of hydrogen-bond donors (Lipinski definition) is 2. The summed E-state index contributed by atoms with van der Waals surface area (Å²) in [7, 11) is 0. The molecule has 0 spiro atoms. The maximum atomic E-state index is 11.0. The van der Waals surface area contributed by atoms with Gasteiger partial charge in [0.05, 0.1) is 4.92 Å². The van der Waals surface area contributed by atoms with Gasteiger partial charge < -0.3 is 16.4 Å². The molecule has 0 unspecified atom stereocenters. The number of nitrogens with zero attached hydrogens (tertiary/aromatic N) is 2. The second kappa shape index (κ2) is 4.02. The highest BCUT2D eigenvalue weighted by Gasteiger charge is 2.29. The molecule has 0 radical (unpaired) electrons. The number of nitro benzene ring substituents is 1. The number of carbonyl (C=O) groups is 1. The van der Waals surface area contributed by atoms with Gasteiger partial charge in [-0.3, -0.25) is 14.9 Å². The molecule has 2 rings (SSSR count). The zero-order valence-corrected chi connectivity index (χ0v) is 9.00. The molecule has 1 aliphatic heterocycles. The number of nitrogens with two attached hydrogens (primary N) is 2. The van der Waals surface area contributed by atoms with Crippen LogP contribution in [0.3, 0.4) is 0 Å². The standard InChI is InChI=1S/C10H12N4O3/c11-7-4-13(5-7)8-2-1-6(10(12)15)3-9(8)14(16)17/h1-3,7H,4-5,11H2,(H2,12,15). The summed E-state index contributed by atoms with van der Waals surface area (Å²) in [6.07, 6.45) is 0. The quantitative estimate of drug-likeness (QED) is 0.558. The minimum Gasteiger partial charge on any atom is -0.366 e. The van der Waals surface area contributed by atoms with E-state index in [0.29, 0.717) is 18.8 Å². The van der Waals surface area contributed by atoms with Crippen LogP contribution in [0.2, 0.25) is 0 Å². The Morgan fingerprint density at radius 1 is 1.47 bits per heavy atom. The summed E-state index contributed by atoms with van der Waals surface area (Å²) in [5.74, 6) is -0.681. The van der Waals surface area contributed by atoms with Crippen molar-refractivity contribution in [3.63, 3.8) is 0 Å². The van der Waals surface area contributed by atoms with E-state index in [1.807, 2.05) is 0 Å². The topological polar surface area (TPSA) is 115 Å². The van der Waals surface area contributed by atoms with E-state index in [-0.39, 0.29) is 17.3 Å². The Balaban J connectivity index is 2.38. The van der Waals surface area contributed by atoms with Gasteiger partial charge in [0, 0.05) is 30.8 Å². The van der Waals surface area contributed by atoms with Crippen molar-refractivity contribution in [2.75, 3.05) is 18.0 Å². The molecule has 1 aromatic carbocycles. The van der Waals surface area contributed by atoms with Crippen molar-refractivity contribution in [2.45, 2.75) is 6.04 Å². The van der Waals surface area contributed by atoms with Crippen molar-refractivity contribution in [3.05, 3.63) is 33.9 Å². The molecule has 7 heteroatoms. The minimum atomic E-state index is -0.681. The first-order valence-corrected chi connectivity index (χ1v) is 5.08. The first-order valence-electron chi connectivity index (χ1n) is 5.08. The molecule has 0 saturated carbocycles. The van der Waals surface area contributed by atoms with Crippen molar-refractivity contribution >= 4 is 17.3 Å². The number of carbonyl (C=O) groups excluding carboxylic acids is 1. The Morgan fingerprint density at radius 2 is 2.12 bits per heavy atom. The SMILES string of the molecule is NC(=O)c1ccc(N2CC(N)C2)c([N+](=O)[O-])c1. The lowest BCUT2D eigenvalue weighted by atomic mass is 10.1. The third-order valence-electron chi connectivity index (χ3n) is 2.71. The van der Waals surface area contributed by atoms with E-state index >= 15 is 0 Å². The average Bonchev–Trinajstić information content (AvgIpc) is 2.24. The lowest BCUT2D eigenvalue weighted by Crippen LogP contribution is -2.56. The third-order valence-corrected chi connectivity index (χ3v) is 2.71. The van der Waals surface area contributed by atoms with Crippen LogP contribution in [0.1, 0.15) is 10.4 Å². The van der Waals surface area contributed by atoms with E-state index in [2.05, 4.69) is 0 Å². The van der Waals surface area contributed by atoms with Gasteiger partial charge in [0.25, 0.3) is 5.69 Å². The minimum absolute atomic E-state index is 0.0467. The first-order chi connectivity index (χ1) is 7.99. The molecule has 1 saturated heterocycles. The van der Waals surface area contributed by atoms with Crippen molar-refractivity contribution in [2.24, 2.45) is 11.5 Å². The lowest BCUT2D eigenvalue weighted by molar-refractivity contribution is -0.384. The van der Waals surface area contributed by atoms with Gasteiger partial charge in [-0.2, -0.15) is 0 Å². The molecule has 1 aliphatic rings. The summed E-state index contributed by atoms with van der Waals surface area (Å²) >= 11 is 0. The van der Waals surface area contributed by atoms with Crippen LogP contribution in [0.5, 0.6) is 0 Å². The number of nitro groups is 1. The van der Waals surface area contributed by atoms with Gasteiger partial charge in [-0.05, 0) is 12.1 Å². The number of anilines is 1. The fourth-order valence-corrected chi connectivity index (χ4v) is 1.80.